The molecule has 1 aromatic carbocycles. The van der Waals surface area contributed by atoms with Crippen LogP contribution in [0.1, 0.15) is 50.2 Å². The molecule has 31 heavy (non-hydrogen) atoms. The lowest BCUT2D eigenvalue weighted by Crippen LogP contribution is -2.56. The van der Waals surface area contributed by atoms with Crippen molar-refractivity contribution in [3.63, 3.8) is 0 Å². The van der Waals surface area contributed by atoms with Crippen LogP contribution < -0.4 is 0 Å². The molecule has 170 valence electrons. The Bertz CT molecular complexity index is 743. The number of amides is 2. The SMILES string of the molecule is CC(C)c1ccc(CC(=O)N2CCN(CC(=O)N3CCN(C4CCC4)CC3)CC2)cc1. The fourth-order valence-electron chi connectivity index (χ4n) is 4.84. The lowest BCUT2D eigenvalue weighted by molar-refractivity contribution is -0.136. The fourth-order valence-corrected chi connectivity index (χ4v) is 4.84. The molecule has 2 amide bonds. The molecule has 0 unspecified atom stereocenters. The molecule has 1 aromatic rings. The average molecular weight is 427 g/mol. The van der Waals surface area contributed by atoms with Gasteiger partial charge in [0.1, 0.15) is 0 Å². The first-order chi connectivity index (χ1) is 15.0. The van der Waals surface area contributed by atoms with Gasteiger partial charge in [0.2, 0.25) is 11.8 Å². The summed E-state index contributed by atoms with van der Waals surface area (Å²) in [6.45, 7) is 11.6. The predicted molar refractivity (Wildman–Crippen MR) is 123 cm³/mol. The summed E-state index contributed by atoms with van der Waals surface area (Å²) >= 11 is 0. The van der Waals surface area contributed by atoms with Gasteiger partial charge in [-0.05, 0) is 29.9 Å². The number of rotatable bonds is 6. The summed E-state index contributed by atoms with van der Waals surface area (Å²) < 4.78 is 0. The van der Waals surface area contributed by atoms with E-state index in [4.69, 9.17) is 0 Å². The molecule has 3 fully saturated rings. The monoisotopic (exact) mass is 426 g/mol. The molecule has 0 bridgehead atoms. The van der Waals surface area contributed by atoms with Crippen molar-refractivity contribution in [2.75, 3.05) is 58.9 Å². The molecule has 0 spiro atoms. The third kappa shape index (κ3) is 5.66. The number of carbonyl (C=O) groups excluding carboxylic acids is 2. The van der Waals surface area contributed by atoms with Gasteiger partial charge < -0.3 is 9.80 Å². The Balaban J connectivity index is 1.17. The molecule has 1 saturated carbocycles. The molecule has 6 heteroatoms. The van der Waals surface area contributed by atoms with Crippen molar-refractivity contribution in [1.29, 1.82) is 0 Å². The summed E-state index contributed by atoms with van der Waals surface area (Å²) in [5.41, 5.74) is 2.38. The van der Waals surface area contributed by atoms with Crippen LogP contribution in [0.3, 0.4) is 0 Å². The second kappa shape index (κ2) is 10.1. The molecule has 6 nitrogen and oxygen atoms in total. The van der Waals surface area contributed by atoms with E-state index in [2.05, 4.69) is 47.9 Å². The molecular weight excluding hydrogens is 388 g/mol. The van der Waals surface area contributed by atoms with Gasteiger partial charge in [0, 0.05) is 58.4 Å². The van der Waals surface area contributed by atoms with Crippen LogP contribution in [0, 0.1) is 0 Å². The zero-order valence-electron chi connectivity index (χ0n) is 19.3. The topological polar surface area (TPSA) is 47.1 Å². The van der Waals surface area contributed by atoms with Crippen molar-refractivity contribution in [3.05, 3.63) is 35.4 Å². The van der Waals surface area contributed by atoms with Crippen LogP contribution in [0.4, 0.5) is 0 Å². The van der Waals surface area contributed by atoms with Gasteiger partial charge >= 0.3 is 0 Å². The highest BCUT2D eigenvalue weighted by atomic mass is 16.2. The van der Waals surface area contributed by atoms with Crippen LogP contribution in [-0.2, 0) is 16.0 Å². The molecule has 0 atom stereocenters. The van der Waals surface area contributed by atoms with E-state index in [0.717, 1.165) is 50.9 Å². The average Bonchev–Trinajstić information content (AvgIpc) is 2.74. The van der Waals surface area contributed by atoms with Gasteiger partial charge in [0.25, 0.3) is 0 Å². The molecule has 1 aliphatic carbocycles. The Labute approximate surface area is 187 Å². The van der Waals surface area contributed by atoms with Crippen LogP contribution in [0.5, 0.6) is 0 Å². The van der Waals surface area contributed by atoms with Gasteiger partial charge in [0.15, 0.2) is 0 Å². The lowest BCUT2D eigenvalue weighted by Gasteiger charge is -2.43. The number of nitrogens with zero attached hydrogens (tertiary/aromatic N) is 4. The first-order valence-electron chi connectivity index (χ1n) is 12.1. The minimum atomic E-state index is 0.190. The summed E-state index contributed by atoms with van der Waals surface area (Å²) in [6.07, 6.45) is 4.49. The maximum absolute atomic E-state index is 12.7. The maximum Gasteiger partial charge on any atom is 0.236 e. The van der Waals surface area contributed by atoms with E-state index >= 15 is 0 Å². The molecule has 0 radical (unpaired) electrons. The van der Waals surface area contributed by atoms with Gasteiger partial charge in [-0.1, -0.05) is 44.5 Å². The van der Waals surface area contributed by atoms with E-state index in [1.807, 2.05) is 9.80 Å². The summed E-state index contributed by atoms with van der Waals surface area (Å²) in [4.78, 5) is 34.2. The number of hydrogen-bond acceptors (Lipinski definition) is 4. The predicted octanol–water partition coefficient (Wildman–Crippen LogP) is 2.19. The third-order valence-corrected chi connectivity index (χ3v) is 7.34. The van der Waals surface area contributed by atoms with Gasteiger partial charge in [-0.15, -0.1) is 0 Å². The van der Waals surface area contributed by atoms with Crippen molar-refractivity contribution in [2.45, 2.75) is 51.5 Å². The van der Waals surface area contributed by atoms with Crippen LogP contribution in [0.15, 0.2) is 24.3 Å². The minimum Gasteiger partial charge on any atom is -0.340 e. The van der Waals surface area contributed by atoms with Crippen molar-refractivity contribution in [3.8, 4) is 0 Å². The maximum atomic E-state index is 12.7. The number of carbonyl (C=O) groups is 2. The zero-order valence-corrected chi connectivity index (χ0v) is 19.3. The van der Waals surface area contributed by atoms with Gasteiger partial charge in [-0.2, -0.15) is 0 Å². The normalized spacial score (nSPS) is 21.4. The number of hydrogen-bond donors (Lipinski definition) is 0. The first kappa shape index (κ1) is 22.3. The molecule has 2 saturated heterocycles. The van der Waals surface area contributed by atoms with Crippen molar-refractivity contribution < 1.29 is 9.59 Å². The third-order valence-electron chi connectivity index (χ3n) is 7.34. The molecular formula is C25H38N4O2. The minimum absolute atomic E-state index is 0.190. The highest BCUT2D eigenvalue weighted by Crippen LogP contribution is 2.25. The summed E-state index contributed by atoms with van der Waals surface area (Å²) in [5.74, 6) is 0.945. The van der Waals surface area contributed by atoms with Crippen LogP contribution in [0.2, 0.25) is 0 Å². The van der Waals surface area contributed by atoms with Crippen LogP contribution in [-0.4, -0.2) is 96.4 Å². The molecule has 4 rings (SSSR count). The Morgan fingerprint density at radius 1 is 0.839 bits per heavy atom. The number of benzene rings is 1. The lowest BCUT2D eigenvalue weighted by atomic mass is 9.91. The smallest absolute Gasteiger partial charge is 0.236 e. The van der Waals surface area contributed by atoms with Crippen LogP contribution >= 0.6 is 0 Å². The fraction of sp³-hybridized carbons (Fsp3) is 0.680. The van der Waals surface area contributed by atoms with Crippen molar-refractivity contribution >= 4 is 11.8 Å². The zero-order chi connectivity index (χ0) is 21.8. The first-order valence-corrected chi connectivity index (χ1v) is 12.1. The highest BCUT2D eigenvalue weighted by molar-refractivity contribution is 5.79. The molecule has 0 aromatic heterocycles. The Kier molecular flexibility index (Phi) is 7.28. The molecule has 0 N–H and O–H groups in total. The largest absolute Gasteiger partial charge is 0.340 e. The summed E-state index contributed by atoms with van der Waals surface area (Å²) in [6, 6.07) is 9.18. The second-order valence-corrected chi connectivity index (χ2v) is 9.73. The van der Waals surface area contributed by atoms with E-state index in [1.165, 1.54) is 24.8 Å². The quantitative estimate of drug-likeness (QED) is 0.700. The summed E-state index contributed by atoms with van der Waals surface area (Å²) in [7, 11) is 0. The standard InChI is InChI=1S/C25H38N4O2/c1-20(2)22-8-6-21(7-9-22)18-24(30)28-12-10-26(11-13-28)19-25(31)29-16-14-27(15-17-29)23-4-3-5-23/h6-9,20,23H,3-5,10-19H2,1-2H3. The van der Waals surface area contributed by atoms with Gasteiger partial charge in [-0.3, -0.25) is 19.4 Å². The summed E-state index contributed by atoms with van der Waals surface area (Å²) in [5, 5.41) is 0. The van der Waals surface area contributed by atoms with E-state index in [0.29, 0.717) is 32.0 Å². The van der Waals surface area contributed by atoms with E-state index in [-0.39, 0.29) is 11.8 Å². The van der Waals surface area contributed by atoms with Crippen molar-refractivity contribution in [2.24, 2.45) is 0 Å². The van der Waals surface area contributed by atoms with E-state index in [1.54, 1.807) is 0 Å². The van der Waals surface area contributed by atoms with Crippen LogP contribution in [0.25, 0.3) is 0 Å². The Hall–Kier alpha value is -1.92. The Morgan fingerprint density at radius 2 is 1.42 bits per heavy atom. The Morgan fingerprint density at radius 3 is 1.97 bits per heavy atom. The van der Waals surface area contributed by atoms with Crippen molar-refractivity contribution in [1.82, 2.24) is 19.6 Å². The highest BCUT2D eigenvalue weighted by Gasteiger charge is 2.30. The van der Waals surface area contributed by atoms with E-state index in [9.17, 15) is 9.59 Å². The molecule has 2 heterocycles. The molecule has 3 aliphatic rings. The van der Waals surface area contributed by atoms with Gasteiger partial charge in [-0.25, -0.2) is 0 Å². The van der Waals surface area contributed by atoms with Gasteiger partial charge in [0.05, 0.1) is 13.0 Å². The van der Waals surface area contributed by atoms with E-state index < -0.39 is 0 Å². The second-order valence-electron chi connectivity index (χ2n) is 9.73. The number of piperazine rings is 2. The molecule has 2 aliphatic heterocycles.